The van der Waals surface area contributed by atoms with Crippen LogP contribution in [0.4, 0.5) is 10.1 Å². The summed E-state index contributed by atoms with van der Waals surface area (Å²) in [6, 6.07) is 2.09. The van der Waals surface area contributed by atoms with Gasteiger partial charge < -0.3 is 10.2 Å². The van der Waals surface area contributed by atoms with Crippen molar-refractivity contribution in [2.45, 2.75) is 37.4 Å². The van der Waals surface area contributed by atoms with Crippen LogP contribution in [0.1, 0.15) is 40.0 Å². The number of amides is 4. The molecule has 4 saturated heterocycles. The molecule has 2 N–H and O–H groups in total. The van der Waals surface area contributed by atoms with Crippen LogP contribution in [0.25, 0.3) is 0 Å². The molecule has 0 saturated carbocycles. The lowest BCUT2D eigenvalue weighted by Gasteiger charge is -2.39. The van der Waals surface area contributed by atoms with Crippen molar-refractivity contribution in [3.05, 3.63) is 29.1 Å². The Balaban J connectivity index is 1.24. The summed E-state index contributed by atoms with van der Waals surface area (Å²) in [6.07, 6.45) is 1.09. The minimum Gasteiger partial charge on any atom is -0.363 e. The van der Waals surface area contributed by atoms with Crippen LogP contribution in [0.3, 0.4) is 0 Å². The molecule has 5 heterocycles. The number of benzene rings is 1. The van der Waals surface area contributed by atoms with Crippen LogP contribution in [0.5, 0.6) is 0 Å². The van der Waals surface area contributed by atoms with E-state index in [2.05, 4.69) is 15.5 Å². The van der Waals surface area contributed by atoms with Crippen LogP contribution in [-0.4, -0.2) is 84.3 Å². The van der Waals surface area contributed by atoms with Crippen molar-refractivity contribution >= 4 is 29.3 Å². The van der Waals surface area contributed by atoms with Crippen LogP contribution in [-0.2, 0) is 9.59 Å². The molecule has 10 heteroatoms. The highest BCUT2D eigenvalue weighted by Gasteiger charge is 2.48. The average molecular weight is 441 g/mol. The summed E-state index contributed by atoms with van der Waals surface area (Å²) in [5.74, 6) is -2.24. The second-order valence-corrected chi connectivity index (χ2v) is 9.47. The molecule has 2 bridgehead atoms. The molecule has 6 rings (SSSR count). The second kappa shape index (κ2) is 7.08. The summed E-state index contributed by atoms with van der Waals surface area (Å²) < 4.78 is 15.1. The molecule has 3 unspecified atom stereocenters. The number of carbonyl (C=O) groups excluding carboxylic acids is 4. The Labute approximate surface area is 183 Å². The number of halogens is 1. The van der Waals surface area contributed by atoms with Gasteiger partial charge in [0, 0.05) is 51.2 Å². The lowest BCUT2D eigenvalue weighted by molar-refractivity contribution is -0.136. The van der Waals surface area contributed by atoms with E-state index in [0.717, 1.165) is 43.6 Å². The molecule has 0 radical (unpaired) electrons. The van der Waals surface area contributed by atoms with Gasteiger partial charge in [0.05, 0.1) is 16.8 Å². The number of hydrogen-bond donors (Lipinski definition) is 2. The van der Waals surface area contributed by atoms with E-state index in [-0.39, 0.29) is 30.0 Å². The van der Waals surface area contributed by atoms with Crippen molar-refractivity contribution in [1.82, 2.24) is 20.4 Å². The van der Waals surface area contributed by atoms with E-state index in [1.807, 2.05) is 4.90 Å². The van der Waals surface area contributed by atoms with Crippen molar-refractivity contribution in [2.24, 2.45) is 5.92 Å². The first-order valence-electron chi connectivity index (χ1n) is 11.2. The zero-order valence-corrected chi connectivity index (χ0v) is 17.5. The van der Waals surface area contributed by atoms with Gasteiger partial charge in [-0.25, -0.2) is 4.39 Å². The predicted octanol–water partition coefficient (Wildman–Crippen LogP) is -0.291. The van der Waals surface area contributed by atoms with Crippen molar-refractivity contribution in [2.75, 3.05) is 37.6 Å². The first kappa shape index (κ1) is 19.8. The molecule has 0 spiro atoms. The van der Waals surface area contributed by atoms with Crippen LogP contribution in [0, 0.1) is 11.7 Å². The number of fused-ring (bicyclic) bond motifs is 3. The van der Waals surface area contributed by atoms with Crippen LogP contribution < -0.4 is 15.5 Å². The molecule has 32 heavy (non-hydrogen) atoms. The lowest BCUT2D eigenvalue weighted by Crippen LogP contribution is -2.54. The van der Waals surface area contributed by atoms with Gasteiger partial charge in [0.25, 0.3) is 11.8 Å². The number of rotatable bonds is 4. The van der Waals surface area contributed by atoms with Gasteiger partial charge in [0.2, 0.25) is 11.8 Å². The second-order valence-electron chi connectivity index (χ2n) is 9.47. The Kier molecular flexibility index (Phi) is 4.38. The molecular formula is C22H24FN5O4. The van der Waals surface area contributed by atoms with Crippen molar-refractivity contribution in [1.29, 1.82) is 0 Å². The van der Waals surface area contributed by atoms with Crippen LogP contribution >= 0.6 is 0 Å². The summed E-state index contributed by atoms with van der Waals surface area (Å²) in [6.45, 7) is 4.73. The molecule has 3 atom stereocenters. The first-order valence-corrected chi connectivity index (χ1v) is 11.2. The van der Waals surface area contributed by atoms with Crippen molar-refractivity contribution < 1.29 is 23.6 Å². The molecule has 5 aliphatic rings. The highest BCUT2D eigenvalue weighted by Crippen LogP contribution is 2.39. The van der Waals surface area contributed by atoms with E-state index in [0.29, 0.717) is 24.2 Å². The number of anilines is 1. The minimum absolute atomic E-state index is 0.0237. The average Bonchev–Trinajstić information content (AvgIpc) is 3.38. The smallest absolute Gasteiger partial charge is 0.262 e. The summed E-state index contributed by atoms with van der Waals surface area (Å²) >= 11 is 0. The number of nitrogens with one attached hydrogen (secondary N) is 2. The van der Waals surface area contributed by atoms with E-state index in [1.54, 1.807) is 0 Å². The third-order valence-electron chi connectivity index (χ3n) is 7.53. The van der Waals surface area contributed by atoms with Gasteiger partial charge in [-0.05, 0) is 30.9 Å². The zero-order chi connectivity index (χ0) is 22.1. The first-order chi connectivity index (χ1) is 15.4. The maximum absolute atomic E-state index is 15.1. The molecule has 9 nitrogen and oxygen atoms in total. The van der Waals surface area contributed by atoms with E-state index in [9.17, 15) is 19.2 Å². The van der Waals surface area contributed by atoms with Gasteiger partial charge >= 0.3 is 0 Å². The Morgan fingerprint density at radius 3 is 2.38 bits per heavy atom. The Morgan fingerprint density at radius 1 is 1.00 bits per heavy atom. The molecular weight excluding hydrogens is 417 g/mol. The maximum Gasteiger partial charge on any atom is 0.262 e. The maximum atomic E-state index is 15.1. The highest BCUT2D eigenvalue weighted by molar-refractivity contribution is 6.23. The quantitative estimate of drug-likeness (QED) is 0.619. The van der Waals surface area contributed by atoms with Gasteiger partial charge in [-0.3, -0.25) is 34.3 Å². The van der Waals surface area contributed by atoms with Gasteiger partial charge in [0.1, 0.15) is 11.9 Å². The van der Waals surface area contributed by atoms with E-state index < -0.39 is 35.5 Å². The predicted molar refractivity (Wildman–Crippen MR) is 111 cm³/mol. The van der Waals surface area contributed by atoms with Crippen molar-refractivity contribution in [3.63, 3.8) is 0 Å². The largest absolute Gasteiger partial charge is 0.363 e. The highest BCUT2D eigenvalue weighted by atomic mass is 19.1. The standard InChI is InChI=1S/C22H24FN5O4/c23-16-4-14-15(22(32)28(21(14)31)17-1-2-19(29)25-20(17)30)5-18(16)27-10-12-3-13(27)9-26(12)8-11-6-24-7-11/h4-5,11-13,17,24H,1-3,6-10H2,(H,25,29,30). The number of likely N-dealkylation sites (tertiary alicyclic amines) is 1. The van der Waals surface area contributed by atoms with E-state index >= 15 is 4.39 Å². The molecule has 5 aliphatic heterocycles. The molecule has 1 aromatic carbocycles. The van der Waals surface area contributed by atoms with Gasteiger partial charge in [-0.1, -0.05) is 0 Å². The lowest BCUT2D eigenvalue weighted by atomic mass is 10.0. The number of piperazine rings is 1. The van der Waals surface area contributed by atoms with E-state index in [1.165, 1.54) is 6.07 Å². The molecule has 4 amide bonds. The Morgan fingerprint density at radius 2 is 1.75 bits per heavy atom. The summed E-state index contributed by atoms with van der Waals surface area (Å²) in [5, 5.41) is 5.46. The normalized spacial score (nSPS) is 30.2. The summed E-state index contributed by atoms with van der Waals surface area (Å²) in [4.78, 5) is 55.0. The van der Waals surface area contributed by atoms with E-state index in [4.69, 9.17) is 0 Å². The monoisotopic (exact) mass is 441 g/mol. The molecule has 168 valence electrons. The Hall–Kier alpha value is -2.85. The fraction of sp³-hybridized carbons (Fsp3) is 0.545. The third kappa shape index (κ3) is 2.89. The third-order valence-corrected chi connectivity index (χ3v) is 7.53. The minimum atomic E-state index is -1.05. The number of carbonyl (C=O) groups is 4. The number of nitrogens with zero attached hydrogens (tertiary/aromatic N) is 3. The van der Waals surface area contributed by atoms with Crippen LogP contribution in [0.15, 0.2) is 12.1 Å². The van der Waals surface area contributed by atoms with Gasteiger partial charge in [-0.15, -0.1) is 0 Å². The topological polar surface area (TPSA) is 102 Å². The summed E-state index contributed by atoms with van der Waals surface area (Å²) in [7, 11) is 0. The number of hydrogen-bond acceptors (Lipinski definition) is 7. The molecule has 1 aromatic rings. The fourth-order valence-corrected chi connectivity index (χ4v) is 5.78. The van der Waals surface area contributed by atoms with Crippen LogP contribution in [0.2, 0.25) is 0 Å². The fourth-order valence-electron chi connectivity index (χ4n) is 5.78. The zero-order valence-electron chi connectivity index (χ0n) is 17.5. The van der Waals surface area contributed by atoms with Crippen molar-refractivity contribution in [3.8, 4) is 0 Å². The number of imide groups is 2. The van der Waals surface area contributed by atoms with Gasteiger partial charge in [-0.2, -0.15) is 0 Å². The Bertz CT molecular complexity index is 1060. The molecule has 4 fully saturated rings. The molecule has 0 aliphatic carbocycles. The summed E-state index contributed by atoms with van der Waals surface area (Å²) in [5.41, 5.74) is 0.438. The van der Waals surface area contributed by atoms with Gasteiger partial charge in [0.15, 0.2) is 0 Å². The number of piperidine rings is 1. The molecule has 0 aromatic heterocycles. The SMILES string of the molecule is O=C1CCC(N2C(=O)c3cc(F)c(N4CC5CC4CN5CC4CNC4)cc3C2=O)C(=O)N1.